The number of carbonyl (C=O) groups is 1. The fraction of sp³-hybridized carbons (Fsp3) is 0.625. The summed E-state index contributed by atoms with van der Waals surface area (Å²) < 4.78 is 6.34. The third-order valence-corrected chi connectivity index (χ3v) is 12.0. The molecule has 4 fully saturated rings. The van der Waals surface area contributed by atoms with E-state index < -0.39 is 0 Å². The number of amides is 1. The molecule has 170 valence electrons. The van der Waals surface area contributed by atoms with Crippen LogP contribution in [0.2, 0.25) is 5.02 Å². The van der Waals surface area contributed by atoms with E-state index in [1.54, 1.807) is 0 Å². The molecule has 2 unspecified atom stereocenters. The van der Waals surface area contributed by atoms with Crippen LogP contribution in [0.3, 0.4) is 0 Å². The molecule has 3 aliphatic carbocycles. The Morgan fingerprint density at radius 2 is 1.81 bits per heavy atom. The van der Waals surface area contributed by atoms with Gasteiger partial charge in [0.25, 0.3) is 0 Å². The minimum absolute atomic E-state index is 0.143. The van der Waals surface area contributed by atoms with Gasteiger partial charge in [-0.15, -0.1) is 33.7 Å². The maximum absolute atomic E-state index is 13.8. The van der Waals surface area contributed by atoms with Crippen molar-refractivity contribution >= 4 is 41.0 Å². The van der Waals surface area contributed by atoms with E-state index in [-0.39, 0.29) is 5.92 Å². The maximum atomic E-state index is 13.8. The van der Waals surface area contributed by atoms with Crippen molar-refractivity contribution in [2.75, 3.05) is 11.5 Å². The molecule has 5 nitrogen and oxygen atoms in total. The first-order valence-corrected chi connectivity index (χ1v) is 14.1. The third kappa shape index (κ3) is 3.78. The Balaban J connectivity index is 1.19. The lowest BCUT2D eigenvalue weighted by atomic mass is 9.66. The van der Waals surface area contributed by atoms with Crippen molar-refractivity contribution in [3.63, 3.8) is 0 Å². The van der Waals surface area contributed by atoms with Gasteiger partial charge in [-0.25, -0.2) is 0 Å². The monoisotopic (exact) mass is 489 g/mol. The lowest BCUT2D eigenvalue weighted by molar-refractivity contribution is -0.140. The molecule has 3 saturated carbocycles. The maximum Gasteiger partial charge on any atom is 0.249 e. The number of benzene rings is 1. The number of nitrogens with zero attached hydrogens (tertiary/aromatic N) is 3. The van der Waals surface area contributed by atoms with E-state index in [1.807, 2.05) is 29.2 Å². The summed E-state index contributed by atoms with van der Waals surface area (Å²) in [7, 11) is 0. The van der Waals surface area contributed by atoms with Crippen molar-refractivity contribution in [2.24, 2.45) is 17.8 Å². The molecule has 2 bridgehead atoms. The molecule has 2 heterocycles. The fourth-order valence-electron chi connectivity index (χ4n) is 6.03. The first-order valence-electron chi connectivity index (χ1n) is 11.8. The smallest absolute Gasteiger partial charge is 0.249 e. The molecule has 1 spiro atoms. The molecular weight excluding hydrogens is 462 g/mol. The summed E-state index contributed by atoms with van der Waals surface area (Å²) in [5.41, 5.74) is 0.731. The van der Waals surface area contributed by atoms with E-state index in [0.717, 1.165) is 31.2 Å². The van der Waals surface area contributed by atoms with Gasteiger partial charge in [0.15, 0.2) is 0 Å². The Hall–Kier alpha value is -1.18. The van der Waals surface area contributed by atoms with Crippen LogP contribution < -0.4 is 0 Å². The average molecular weight is 490 g/mol. The van der Waals surface area contributed by atoms with E-state index >= 15 is 0 Å². The zero-order chi connectivity index (χ0) is 21.7. The first-order chi connectivity index (χ1) is 15.6. The molecule has 8 heteroatoms. The molecule has 1 aromatic heterocycles. The molecule has 1 aromatic carbocycles. The van der Waals surface area contributed by atoms with Gasteiger partial charge < -0.3 is 9.32 Å². The van der Waals surface area contributed by atoms with Gasteiger partial charge in [-0.2, -0.15) is 0 Å². The second kappa shape index (κ2) is 8.55. The van der Waals surface area contributed by atoms with Crippen molar-refractivity contribution in [3.05, 3.63) is 35.2 Å². The highest BCUT2D eigenvalue weighted by atomic mass is 35.5. The van der Waals surface area contributed by atoms with E-state index in [4.69, 9.17) is 16.0 Å². The number of halogens is 1. The molecule has 4 aliphatic rings. The Bertz CT molecular complexity index is 989. The summed E-state index contributed by atoms with van der Waals surface area (Å²) in [4.78, 5) is 15.8. The van der Waals surface area contributed by atoms with Gasteiger partial charge >= 0.3 is 0 Å². The molecule has 0 radical (unpaired) electrons. The predicted molar refractivity (Wildman–Crippen MR) is 130 cm³/mol. The lowest BCUT2D eigenvalue weighted by Crippen LogP contribution is -2.50. The molecule has 2 atom stereocenters. The average Bonchev–Trinajstić information content (AvgIpc) is 3.33. The summed E-state index contributed by atoms with van der Waals surface area (Å²) >= 11 is 10.7. The van der Waals surface area contributed by atoms with E-state index in [9.17, 15) is 4.79 Å². The number of hydrogen-bond acceptors (Lipinski definition) is 6. The predicted octanol–water partition coefficient (Wildman–Crippen LogP) is 5.88. The van der Waals surface area contributed by atoms with Gasteiger partial charge in [0.05, 0.1) is 21.2 Å². The zero-order valence-electron chi connectivity index (χ0n) is 18.0. The molecular formula is C24H28ClN3O2S2. The summed E-state index contributed by atoms with van der Waals surface area (Å²) in [6.45, 7) is 0.404. The van der Waals surface area contributed by atoms with Crippen LogP contribution >= 0.6 is 35.1 Å². The van der Waals surface area contributed by atoms with Crippen LogP contribution in [0.4, 0.5) is 0 Å². The van der Waals surface area contributed by atoms with Crippen LogP contribution in [0.5, 0.6) is 0 Å². The number of aromatic nitrogens is 2. The third-order valence-electron chi connectivity index (χ3n) is 7.62. The van der Waals surface area contributed by atoms with Gasteiger partial charge in [0.2, 0.25) is 17.7 Å². The van der Waals surface area contributed by atoms with Crippen molar-refractivity contribution in [1.29, 1.82) is 0 Å². The number of thioether (sulfide) groups is 2. The van der Waals surface area contributed by atoms with Crippen molar-refractivity contribution in [2.45, 2.75) is 61.6 Å². The normalized spacial score (nSPS) is 28.7. The minimum Gasteiger partial charge on any atom is -0.419 e. The summed E-state index contributed by atoms with van der Waals surface area (Å²) in [6, 6.07) is 7.79. The largest absolute Gasteiger partial charge is 0.419 e. The van der Waals surface area contributed by atoms with E-state index in [1.165, 1.54) is 30.8 Å². The highest BCUT2D eigenvalue weighted by Gasteiger charge is 2.56. The topological polar surface area (TPSA) is 59.2 Å². The minimum atomic E-state index is 0.143. The molecule has 1 amide bonds. The van der Waals surface area contributed by atoms with E-state index in [0.29, 0.717) is 51.2 Å². The van der Waals surface area contributed by atoms with Gasteiger partial charge in [0, 0.05) is 23.5 Å². The SMILES string of the molecule is O=C(C1CC2CCCC(C1)C21SCCS1)N(Cc1nnc(-c2ccccc2Cl)o1)C1CC1. The van der Waals surface area contributed by atoms with Crippen molar-refractivity contribution in [3.8, 4) is 11.5 Å². The quantitative estimate of drug-likeness (QED) is 0.522. The Morgan fingerprint density at radius 1 is 1.09 bits per heavy atom. The Labute approximate surface area is 202 Å². The fourth-order valence-corrected chi connectivity index (χ4v) is 10.2. The van der Waals surface area contributed by atoms with Crippen LogP contribution in [-0.4, -0.2) is 42.6 Å². The van der Waals surface area contributed by atoms with Crippen molar-refractivity contribution in [1.82, 2.24) is 15.1 Å². The highest BCUT2D eigenvalue weighted by Crippen LogP contribution is 2.64. The van der Waals surface area contributed by atoms with Gasteiger partial charge in [-0.05, 0) is 62.5 Å². The number of carbonyl (C=O) groups excluding carboxylic acids is 1. The second-order valence-electron chi connectivity index (χ2n) is 9.59. The molecule has 1 saturated heterocycles. The van der Waals surface area contributed by atoms with Gasteiger partial charge in [-0.3, -0.25) is 4.79 Å². The summed E-state index contributed by atoms with van der Waals surface area (Å²) in [5.74, 6) is 5.27. The van der Waals surface area contributed by atoms with Crippen LogP contribution in [0, 0.1) is 17.8 Å². The van der Waals surface area contributed by atoms with E-state index in [2.05, 4.69) is 33.7 Å². The molecule has 1 aliphatic heterocycles. The molecule has 32 heavy (non-hydrogen) atoms. The van der Waals surface area contributed by atoms with Crippen LogP contribution in [0.15, 0.2) is 28.7 Å². The Morgan fingerprint density at radius 3 is 2.50 bits per heavy atom. The Kier molecular flexibility index (Phi) is 5.71. The van der Waals surface area contributed by atoms with Crippen LogP contribution in [-0.2, 0) is 11.3 Å². The van der Waals surface area contributed by atoms with Crippen LogP contribution in [0.25, 0.3) is 11.5 Å². The first kappa shape index (κ1) is 21.4. The van der Waals surface area contributed by atoms with Gasteiger partial charge in [-0.1, -0.05) is 30.2 Å². The summed E-state index contributed by atoms with van der Waals surface area (Å²) in [5, 5.41) is 9.04. The second-order valence-corrected chi connectivity index (χ2v) is 13.0. The standard InChI is InChI=1S/C24H28ClN3O2S2/c25-20-7-2-1-6-19(20)22-27-26-21(30-22)14-28(18-8-9-18)23(29)15-12-16-4-3-5-17(13-15)24(16)31-10-11-32-24/h1-2,6-7,15-18H,3-5,8-14H2. The van der Waals surface area contributed by atoms with Gasteiger partial charge in [0.1, 0.15) is 0 Å². The number of hydrogen-bond donors (Lipinski definition) is 0. The highest BCUT2D eigenvalue weighted by molar-refractivity contribution is 8.21. The summed E-state index contributed by atoms with van der Waals surface area (Å²) in [6.07, 6.45) is 8.15. The molecule has 2 aromatic rings. The molecule has 6 rings (SSSR count). The number of rotatable bonds is 5. The van der Waals surface area contributed by atoms with Crippen molar-refractivity contribution < 1.29 is 9.21 Å². The lowest BCUT2D eigenvalue weighted by Gasteiger charge is -2.52. The zero-order valence-corrected chi connectivity index (χ0v) is 20.4. The molecule has 0 N–H and O–H groups in total. The van der Waals surface area contributed by atoms with Crippen LogP contribution in [0.1, 0.15) is 50.8 Å².